The van der Waals surface area contributed by atoms with Crippen molar-refractivity contribution >= 4 is 38.8 Å². The maximum Gasteiger partial charge on any atom is 0.262 e. The highest BCUT2D eigenvalue weighted by molar-refractivity contribution is 7.99. The molecule has 7 atom stereocenters. The average Bonchev–Trinajstić information content (AvgIpc) is 3.26. The fourth-order valence-corrected chi connectivity index (χ4v) is 11.8. The molecule has 6 aliphatic rings. The normalized spacial score (nSPS) is 35.8. The number of nitrogens with zero attached hydrogens (tertiary/aromatic N) is 3. The van der Waals surface area contributed by atoms with E-state index in [-0.39, 0.29) is 22.5 Å². The van der Waals surface area contributed by atoms with E-state index in [1.54, 1.807) is 6.07 Å². The Labute approximate surface area is 327 Å². The van der Waals surface area contributed by atoms with Gasteiger partial charge in [0.1, 0.15) is 11.4 Å². The van der Waals surface area contributed by atoms with Crippen molar-refractivity contribution in [2.75, 3.05) is 77.1 Å². The second-order valence-corrected chi connectivity index (χ2v) is 19.9. The zero-order valence-electron chi connectivity index (χ0n) is 32.4. The fraction of sp³-hybridized carbons (Fsp3) is 0.628. The smallest absolute Gasteiger partial charge is 0.262 e. The number of hydrogen-bond donors (Lipinski definition) is 1. The lowest BCUT2D eigenvalue weighted by molar-refractivity contribution is -0.119. The van der Waals surface area contributed by atoms with Gasteiger partial charge in [0.2, 0.25) is 0 Å². The first kappa shape index (κ1) is 38.3. The molecule has 2 aliphatic carbocycles. The third-order valence-electron chi connectivity index (χ3n) is 13.8. The van der Waals surface area contributed by atoms with E-state index in [1.165, 1.54) is 11.1 Å². The molecule has 294 valence electrons. The van der Waals surface area contributed by atoms with Gasteiger partial charge in [0.15, 0.2) is 0 Å². The number of ether oxygens (including phenoxy) is 3. The SMILES string of the molecule is C=S1(=O)NC(=O)c2ccc3c(c2)N(C[C@@H]2CC[C@H]2[C@@](CN2CCN(C4COC4)CC2)(OCC)/C=C/C[C@H](C)[C@H]1C)C[C@@]1(CCCc2cc(Cl)ccc21)CO3. The lowest BCUT2D eigenvalue weighted by atomic mass is 9.63. The van der Waals surface area contributed by atoms with Crippen LogP contribution in [-0.4, -0.2) is 115 Å². The van der Waals surface area contributed by atoms with Crippen molar-refractivity contribution in [3.8, 4) is 5.75 Å². The summed E-state index contributed by atoms with van der Waals surface area (Å²) in [5, 5.41) is 0.437. The van der Waals surface area contributed by atoms with Crippen LogP contribution in [0.15, 0.2) is 48.6 Å². The highest BCUT2D eigenvalue weighted by Crippen LogP contribution is 2.49. The van der Waals surface area contributed by atoms with Crippen molar-refractivity contribution in [2.45, 2.75) is 81.6 Å². The van der Waals surface area contributed by atoms with Crippen LogP contribution in [0.5, 0.6) is 5.75 Å². The van der Waals surface area contributed by atoms with Crippen molar-refractivity contribution in [3.63, 3.8) is 0 Å². The second-order valence-electron chi connectivity index (χ2n) is 17.1. The van der Waals surface area contributed by atoms with Gasteiger partial charge in [-0.3, -0.25) is 19.3 Å². The number of allylic oxidation sites excluding steroid dienone is 1. The van der Waals surface area contributed by atoms with Crippen LogP contribution in [0, 0.1) is 17.8 Å². The maximum atomic E-state index is 14.1. The molecule has 1 N–H and O–H groups in total. The summed E-state index contributed by atoms with van der Waals surface area (Å²) in [5.74, 6) is 5.24. The number of fused-ring (bicyclic) bond motifs is 4. The standard InChI is InChI=1S/C43H59ClN4O5S/c1-5-53-43(28-46-18-20-47(21-19-46)36-25-51-26-36)17-6-8-30(2)31(3)54(4,50)45-41(49)33-11-15-40-39(23-33)48(24-34-10-13-38(34)43)27-42(29-52-40)16-7-9-32-22-35(44)12-14-37(32)42/h6,11-12,14-15,17,22-23,30-31,34,36,38H,4-5,7-10,13,16,18-21,24-29H2,1-3H3,(H,45,49,50)/b17-6+/t30-,31+,34-,38+,42-,43+,54?/m0/s1. The predicted octanol–water partition coefficient (Wildman–Crippen LogP) is 5.98. The number of aryl methyl sites for hydroxylation is 1. The van der Waals surface area contributed by atoms with Gasteiger partial charge in [-0.2, -0.15) is 0 Å². The van der Waals surface area contributed by atoms with Crippen molar-refractivity contribution in [1.82, 2.24) is 14.5 Å². The minimum Gasteiger partial charge on any atom is -0.490 e. The number of piperazine rings is 1. The molecule has 4 heterocycles. The molecule has 1 amide bonds. The van der Waals surface area contributed by atoms with Crippen LogP contribution in [0.2, 0.25) is 5.02 Å². The highest BCUT2D eigenvalue weighted by atomic mass is 35.5. The van der Waals surface area contributed by atoms with Crippen molar-refractivity contribution in [3.05, 3.63) is 70.3 Å². The zero-order chi connectivity index (χ0) is 37.7. The van der Waals surface area contributed by atoms with Gasteiger partial charge in [-0.25, -0.2) is 4.21 Å². The number of carbonyl (C=O) groups is 1. The molecule has 2 aromatic rings. The van der Waals surface area contributed by atoms with Gasteiger partial charge >= 0.3 is 0 Å². The molecule has 8 rings (SSSR count). The predicted molar refractivity (Wildman–Crippen MR) is 219 cm³/mol. The van der Waals surface area contributed by atoms with Crippen LogP contribution in [-0.2, 0) is 31.0 Å². The van der Waals surface area contributed by atoms with E-state index in [1.807, 2.05) is 25.1 Å². The molecule has 0 aromatic heterocycles. The summed E-state index contributed by atoms with van der Waals surface area (Å²) in [5.41, 5.74) is 3.33. The van der Waals surface area contributed by atoms with Crippen LogP contribution in [0.1, 0.15) is 74.4 Å². The van der Waals surface area contributed by atoms with Gasteiger partial charge in [0.25, 0.3) is 5.91 Å². The average molecular weight is 779 g/mol. The summed E-state index contributed by atoms with van der Waals surface area (Å²) in [6, 6.07) is 12.6. The molecule has 1 unspecified atom stereocenters. The molecule has 2 bridgehead atoms. The van der Waals surface area contributed by atoms with Crippen LogP contribution < -0.4 is 14.4 Å². The lowest BCUT2D eigenvalue weighted by Crippen LogP contribution is -2.61. The van der Waals surface area contributed by atoms with Gasteiger partial charge < -0.3 is 19.1 Å². The lowest BCUT2D eigenvalue weighted by Gasteiger charge is -2.53. The van der Waals surface area contributed by atoms with E-state index in [2.05, 4.69) is 63.4 Å². The Morgan fingerprint density at radius 1 is 1.09 bits per heavy atom. The Morgan fingerprint density at radius 2 is 1.91 bits per heavy atom. The highest BCUT2D eigenvalue weighted by Gasteiger charge is 2.50. The van der Waals surface area contributed by atoms with Crippen LogP contribution in [0.3, 0.4) is 0 Å². The zero-order valence-corrected chi connectivity index (χ0v) is 34.0. The summed E-state index contributed by atoms with van der Waals surface area (Å²) in [4.78, 5) is 21.6. The third-order valence-corrected chi connectivity index (χ3v) is 16.2. The molecule has 2 aromatic carbocycles. The first-order valence-electron chi connectivity index (χ1n) is 20.3. The summed E-state index contributed by atoms with van der Waals surface area (Å²) >= 11 is 6.53. The number of benzene rings is 2. The Morgan fingerprint density at radius 3 is 2.63 bits per heavy atom. The minimum absolute atomic E-state index is 0.0320. The van der Waals surface area contributed by atoms with E-state index < -0.39 is 15.3 Å². The minimum atomic E-state index is -2.96. The Balaban J connectivity index is 1.18. The number of hydrogen-bond acceptors (Lipinski definition) is 8. The third kappa shape index (κ3) is 7.36. The Kier molecular flexibility index (Phi) is 10.9. The number of nitrogens with one attached hydrogen (secondary N) is 1. The molecule has 2 saturated heterocycles. The number of amides is 1. The summed E-state index contributed by atoms with van der Waals surface area (Å²) in [6.45, 7) is 15.6. The molecule has 4 aliphatic heterocycles. The Hall–Kier alpha value is -2.60. The molecule has 1 saturated carbocycles. The number of anilines is 1. The van der Waals surface area contributed by atoms with E-state index >= 15 is 0 Å². The molecule has 3 fully saturated rings. The fourth-order valence-electron chi connectivity index (χ4n) is 10.2. The molecule has 11 heteroatoms. The molecular formula is C43H59ClN4O5S. The van der Waals surface area contributed by atoms with Crippen LogP contribution in [0.4, 0.5) is 5.69 Å². The van der Waals surface area contributed by atoms with Gasteiger partial charge in [-0.1, -0.05) is 36.7 Å². The van der Waals surface area contributed by atoms with Gasteiger partial charge in [-0.15, -0.1) is 0 Å². The van der Waals surface area contributed by atoms with E-state index in [9.17, 15) is 9.00 Å². The quantitative estimate of drug-likeness (QED) is 0.294. The second kappa shape index (κ2) is 15.4. The van der Waals surface area contributed by atoms with E-state index in [0.29, 0.717) is 36.7 Å². The van der Waals surface area contributed by atoms with Crippen molar-refractivity contribution in [2.24, 2.45) is 17.8 Å². The number of rotatable bonds is 5. The van der Waals surface area contributed by atoms with Crippen LogP contribution in [0.25, 0.3) is 0 Å². The largest absolute Gasteiger partial charge is 0.490 e. The summed E-state index contributed by atoms with van der Waals surface area (Å²) < 4.78 is 36.3. The number of carbonyl (C=O) groups excluding carboxylic acids is 1. The Bertz CT molecular complexity index is 1840. The van der Waals surface area contributed by atoms with Crippen molar-refractivity contribution < 1.29 is 23.2 Å². The molecule has 0 radical (unpaired) electrons. The first-order chi connectivity index (χ1) is 26.0. The van der Waals surface area contributed by atoms with Crippen LogP contribution >= 0.6 is 11.6 Å². The first-order valence-corrected chi connectivity index (χ1v) is 22.5. The number of halogens is 1. The van der Waals surface area contributed by atoms with Gasteiger partial charge in [-0.05, 0) is 117 Å². The summed E-state index contributed by atoms with van der Waals surface area (Å²) in [7, 11) is -2.96. The van der Waals surface area contributed by atoms with E-state index in [4.69, 9.17) is 25.8 Å². The van der Waals surface area contributed by atoms with E-state index in [0.717, 1.165) is 114 Å². The molecule has 9 nitrogen and oxygen atoms in total. The molecule has 1 spiro atoms. The molecule has 54 heavy (non-hydrogen) atoms. The maximum absolute atomic E-state index is 14.1. The summed E-state index contributed by atoms with van der Waals surface area (Å²) in [6.07, 6.45) is 10.7. The molecular weight excluding hydrogens is 720 g/mol. The van der Waals surface area contributed by atoms with Gasteiger partial charge in [0.05, 0.1) is 41.3 Å². The van der Waals surface area contributed by atoms with Gasteiger partial charge in [0, 0.05) is 73.7 Å². The monoisotopic (exact) mass is 778 g/mol. The topological polar surface area (TPSA) is 83.6 Å². The van der Waals surface area contributed by atoms with Crippen molar-refractivity contribution in [1.29, 1.82) is 0 Å².